The number of sulfone groups is 1. The van der Waals surface area contributed by atoms with Gasteiger partial charge in [0, 0.05) is 24.3 Å². The smallest absolute Gasteiger partial charge is 0.160 e. The van der Waals surface area contributed by atoms with E-state index >= 15 is 0 Å². The predicted octanol–water partition coefficient (Wildman–Crippen LogP) is 3.33. The molecule has 2 aliphatic heterocycles. The van der Waals surface area contributed by atoms with Crippen LogP contribution < -0.4 is 10.8 Å². The van der Waals surface area contributed by atoms with Crippen molar-refractivity contribution in [2.75, 3.05) is 16.8 Å². The minimum Gasteiger partial charge on any atom is -0.381 e. The van der Waals surface area contributed by atoms with Gasteiger partial charge in [0.15, 0.2) is 5.65 Å². The molecule has 0 unspecified atom stereocenters. The molecule has 2 fully saturated rings. The topological polar surface area (TPSA) is 98.1 Å². The summed E-state index contributed by atoms with van der Waals surface area (Å²) < 4.78 is 25.8. The normalized spacial score (nSPS) is 23.1. The second kappa shape index (κ2) is 7.78. The van der Waals surface area contributed by atoms with Gasteiger partial charge in [-0.1, -0.05) is 19.3 Å². The molecule has 0 atom stereocenters. The van der Waals surface area contributed by atoms with E-state index in [1.807, 2.05) is 17.8 Å². The molecule has 1 aliphatic carbocycles. The van der Waals surface area contributed by atoms with Gasteiger partial charge in [-0.3, -0.25) is 10.3 Å². The number of aryl methyl sites for hydroxylation is 2. The maximum Gasteiger partial charge on any atom is 0.160 e. The van der Waals surface area contributed by atoms with Crippen LogP contribution >= 0.6 is 0 Å². The molecule has 5 rings (SSSR count). The van der Waals surface area contributed by atoms with E-state index in [1.54, 1.807) is 0 Å². The lowest BCUT2D eigenvalue weighted by Crippen LogP contribution is -2.32. The molecule has 0 aromatic carbocycles. The Bertz CT molecular complexity index is 1120. The molecule has 168 valence electrons. The third kappa shape index (κ3) is 3.82. The number of aromatic nitrogens is 3. The molecule has 1 spiro atoms. The van der Waals surface area contributed by atoms with Crippen molar-refractivity contribution in [2.24, 2.45) is 0 Å². The number of hydroxylamine groups is 1. The summed E-state index contributed by atoms with van der Waals surface area (Å²) in [6, 6.07) is 0.101. The van der Waals surface area contributed by atoms with Gasteiger partial charge < -0.3 is 5.32 Å². The van der Waals surface area contributed by atoms with E-state index in [0.717, 1.165) is 53.1 Å². The summed E-state index contributed by atoms with van der Waals surface area (Å²) >= 11 is 0. The standard InChI is InChI=1S/C22H31N5O3S/c1-3-27-21-19(15(2)25-27)20(24-16-7-11-31(28,29)12-8-16)17(14-23-21)18-13-22(30-26-18)9-5-4-6-10-22/h13-14,16,26H,3-12H2,1-2H3,(H,23,24). The Labute approximate surface area is 183 Å². The highest BCUT2D eigenvalue weighted by Crippen LogP contribution is 2.41. The molecule has 0 amide bonds. The molecule has 0 bridgehead atoms. The molecule has 31 heavy (non-hydrogen) atoms. The van der Waals surface area contributed by atoms with E-state index in [9.17, 15) is 8.42 Å². The molecule has 3 aliphatic rings. The van der Waals surface area contributed by atoms with E-state index < -0.39 is 9.84 Å². The van der Waals surface area contributed by atoms with Crippen molar-refractivity contribution >= 4 is 32.3 Å². The van der Waals surface area contributed by atoms with E-state index in [-0.39, 0.29) is 23.1 Å². The summed E-state index contributed by atoms with van der Waals surface area (Å²) in [6.45, 7) is 4.80. The van der Waals surface area contributed by atoms with E-state index in [4.69, 9.17) is 9.82 Å². The first-order valence-corrected chi connectivity index (χ1v) is 13.2. The largest absolute Gasteiger partial charge is 0.381 e. The van der Waals surface area contributed by atoms with Crippen LogP contribution in [-0.2, 0) is 21.2 Å². The number of nitrogens with one attached hydrogen (secondary N) is 2. The number of hydrogen-bond donors (Lipinski definition) is 2. The van der Waals surface area contributed by atoms with Crippen LogP contribution in [0, 0.1) is 6.92 Å². The van der Waals surface area contributed by atoms with E-state index in [2.05, 4.69) is 28.9 Å². The van der Waals surface area contributed by atoms with Crippen molar-refractivity contribution in [3.63, 3.8) is 0 Å². The number of pyridine rings is 1. The van der Waals surface area contributed by atoms with Gasteiger partial charge in [-0.15, -0.1) is 0 Å². The van der Waals surface area contributed by atoms with Crippen LogP contribution in [0.2, 0.25) is 0 Å². The highest BCUT2D eigenvalue weighted by atomic mass is 32.2. The maximum atomic E-state index is 11.9. The first-order valence-electron chi connectivity index (χ1n) is 11.4. The Kier molecular flexibility index (Phi) is 5.21. The predicted molar refractivity (Wildman–Crippen MR) is 121 cm³/mol. The van der Waals surface area contributed by atoms with Gasteiger partial charge in [0.05, 0.1) is 34.0 Å². The number of nitrogens with zero attached hydrogens (tertiary/aromatic N) is 3. The zero-order chi connectivity index (χ0) is 21.6. The molecule has 2 aromatic heterocycles. The van der Waals surface area contributed by atoms with Crippen LogP contribution in [0.25, 0.3) is 16.7 Å². The minimum absolute atomic E-state index is 0.101. The molecule has 2 aromatic rings. The van der Waals surface area contributed by atoms with Gasteiger partial charge in [0.2, 0.25) is 0 Å². The quantitative estimate of drug-likeness (QED) is 0.745. The van der Waals surface area contributed by atoms with Crippen LogP contribution in [0.3, 0.4) is 0 Å². The zero-order valence-electron chi connectivity index (χ0n) is 18.3. The average molecular weight is 446 g/mol. The lowest BCUT2D eigenvalue weighted by Gasteiger charge is -2.29. The fraction of sp³-hybridized carbons (Fsp3) is 0.636. The van der Waals surface area contributed by atoms with Gasteiger partial charge in [0.25, 0.3) is 0 Å². The Balaban J connectivity index is 1.57. The molecular weight excluding hydrogens is 414 g/mol. The molecule has 1 saturated heterocycles. The van der Waals surface area contributed by atoms with Gasteiger partial charge in [0.1, 0.15) is 15.4 Å². The molecule has 8 nitrogen and oxygen atoms in total. The van der Waals surface area contributed by atoms with Gasteiger partial charge in [-0.2, -0.15) is 5.10 Å². The van der Waals surface area contributed by atoms with Gasteiger partial charge in [-0.25, -0.2) is 18.1 Å². The molecule has 4 heterocycles. The monoisotopic (exact) mass is 445 g/mol. The Morgan fingerprint density at radius 3 is 2.71 bits per heavy atom. The van der Waals surface area contributed by atoms with Crippen LogP contribution in [0.4, 0.5) is 5.69 Å². The van der Waals surface area contributed by atoms with Gasteiger partial charge >= 0.3 is 0 Å². The Morgan fingerprint density at radius 2 is 2.00 bits per heavy atom. The third-order valence-corrected chi connectivity index (χ3v) is 8.62. The fourth-order valence-electron chi connectivity index (χ4n) is 5.14. The van der Waals surface area contributed by atoms with Crippen LogP contribution in [-0.4, -0.2) is 46.3 Å². The second-order valence-electron chi connectivity index (χ2n) is 9.10. The number of rotatable bonds is 4. The lowest BCUT2D eigenvalue weighted by molar-refractivity contribution is -0.0557. The van der Waals surface area contributed by atoms with E-state index in [0.29, 0.717) is 12.8 Å². The van der Waals surface area contributed by atoms with Crippen LogP contribution in [0.5, 0.6) is 0 Å². The SMILES string of the molecule is CCn1nc(C)c2c(NC3CCS(=O)(=O)CC3)c(C3=CC4(CCCCC4)ON3)cnc21. The average Bonchev–Trinajstić information content (AvgIpc) is 3.31. The number of fused-ring (bicyclic) bond motifs is 1. The van der Waals surface area contributed by atoms with Crippen molar-refractivity contribution in [1.82, 2.24) is 20.2 Å². The molecular formula is C22H31N5O3S. The summed E-state index contributed by atoms with van der Waals surface area (Å²) in [6.07, 6.45) is 11.0. The number of anilines is 1. The summed E-state index contributed by atoms with van der Waals surface area (Å²) in [5.41, 5.74) is 7.59. The first kappa shape index (κ1) is 20.8. The van der Waals surface area contributed by atoms with Crippen molar-refractivity contribution in [2.45, 2.75) is 77.0 Å². The molecule has 9 heteroatoms. The van der Waals surface area contributed by atoms with Gasteiger partial charge in [-0.05, 0) is 45.6 Å². The highest BCUT2D eigenvalue weighted by molar-refractivity contribution is 7.91. The zero-order valence-corrected chi connectivity index (χ0v) is 19.1. The molecule has 1 saturated carbocycles. The first-order chi connectivity index (χ1) is 14.9. The summed E-state index contributed by atoms with van der Waals surface area (Å²) in [7, 11) is -2.92. The third-order valence-electron chi connectivity index (χ3n) is 6.90. The summed E-state index contributed by atoms with van der Waals surface area (Å²) in [5.74, 6) is 0.462. The molecule has 0 radical (unpaired) electrons. The second-order valence-corrected chi connectivity index (χ2v) is 11.4. The number of hydrogen-bond acceptors (Lipinski definition) is 7. The van der Waals surface area contributed by atoms with Crippen LogP contribution in [0.1, 0.15) is 63.1 Å². The minimum atomic E-state index is -2.92. The van der Waals surface area contributed by atoms with Crippen molar-refractivity contribution in [3.05, 3.63) is 23.5 Å². The fourth-order valence-corrected chi connectivity index (χ4v) is 6.63. The maximum absolute atomic E-state index is 11.9. The summed E-state index contributed by atoms with van der Waals surface area (Å²) in [4.78, 5) is 10.8. The van der Waals surface area contributed by atoms with Crippen LogP contribution in [0.15, 0.2) is 12.3 Å². The van der Waals surface area contributed by atoms with E-state index in [1.165, 1.54) is 19.3 Å². The Hall–Kier alpha value is -2.13. The highest BCUT2D eigenvalue weighted by Gasteiger charge is 2.37. The van der Waals surface area contributed by atoms with Crippen molar-refractivity contribution in [1.29, 1.82) is 0 Å². The van der Waals surface area contributed by atoms with Crippen molar-refractivity contribution in [3.8, 4) is 0 Å². The lowest BCUT2D eigenvalue weighted by atomic mass is 9.84. The molecule has 2 N–H and O–H groups in total. The van der Waals surface area contributed by atoms with Crippen molar-refractivity contribution < 1.29 is 13.3 Å². The Morgan fingerprint density at radius 1 is 1.26 bits per heavy atom. The summed E-state index contributed by atoms with van der Waals surface area (Å²) in [5, 5.41) is 9.37.